The first-order chi connectivity index (χ1) is 12.6. The van der Waals surface area contributed by atoms with Crippen molar-refractivity contribution >= 4 is 17.0 Å². The number of anilines is 1. The summed E-state index contributed by atoms with van der Waals surface area (Å²) in [4.78, 5) is 0. The van der Waals surface area contributed by atoms with Gasteiger partial charge in [0.1, 0.15) is 0 Å². The third-order valence-electron chi connectivity index (χ3n) is 4.25. The van der Waals surface area contributed by atoms with E-state index in [4.69, 9.17) is 5.26 Å². The minimum Gasteiger partial charge on any atom is -0.356 e. The summed E-state index contributed by atoms with van der Waals surface area (Å²) in [7, 11) is 0. The maximum absolute atomic E-state index is 8.91. The van der Waals surface area contributed by atoms with Crippen LogP contribution in [0.5, 0.6) is 0 Å². The molecule has 26 heavy (non-hydrogen) atoms. The second kappa shape index (κ2) is 7.55. The normalized spacial score (nSPS) is 10.0. The van der Waals surface area contributed by atoms with Gasteiger partial charge >= 0.3 is 0 Å². The van der Waals surface area contributed by atoms with Crippen molar-refractivity contribution in [3.05, 3.63) is 103 Å². The van der Waals surface area contributed by atoms with Crippen molar-refractivity contribution in [3.63, 3.8) is 0 Å². The Hall–Kier alpha value is -3.57. The molecule has 1 N–H and O–H groups in total. The minimum absolute atomic E-state index is 0.638. The molecule has 0 bridgehead atoms. The molecule has 0 fully saturated rings. The molecule has 2 heteroatoms. The molecule has 3 aromatic rings. The minimum atomic E-state index is 0.638. The molecule has 126 valence electrons. The van der Waals surface area contributed by atoms with E-state index in [9.17, 15) is 0 Å². The zero-order valence-corrected chi connectivity index (χ0v) is 14.8. The molecule has 0 saturated carbocycles. The lowest BCUT2D eigenvalue weighted by atomic mass is 9.96. The van der Waals surface area contributed by atoms with Crippen LogP contribution in [0.4, 0.5) is 5.69 Å². The van der Waals surface area contributed by atoms with Crippen molar-refractivity contribution in [2.24, 2.45) is 0 Å². The highest BCUT2D eigenvalue weighted by molar-refractivity contribution is 5.85. The molecule has 0 saturated heterocycles. The van der Waals surface area contributed by atoms with E-state index in [0.29, 0.717) is 5.56 Å². The number of rotatable bonds is 5. The highest BCUT2D eigenvalue weighted by atomic mass is 14.9. The Morgan fingerprint density at radius 3 is 2.15 bits per heavy atom. The van der Waals surface area contributed by atoms with Crippen molar-refractivity contribution in [2.75, 3.05) is 5.32 Å². The Bertz CT molecular complexity index is 988. The molecule has 0 radical (unpaired) electrons. The van der Waals surface area contributed by atoms with E-state index < -0.39 is 0 Å². The van der Waals surface area contributed by atoms with Crippen LogP contribution in [-0.2, 0) is 0 Å². The molecule has 0 spiro atoms. The summed E-state index contributed by atoms with van der Waals surface area (Å²) < 4.78 is 0. The monoisotopic (exact) mass is 336 g/mol. The van der Waals surface area contributed by atoms with Crippen molar-refractivity contribution in [3.8, 4) is 17.2 Å². The van der Waals surface area contributed by atoms with Gasteiger partial charge in [0.05, 0.1) is 11.6 Å². The summed E-state index contributed by atoms with van der Waals surface area (Å²) in [6.07, 6.45) is 0. The fourth-order valence-corrected chi connectivity index (χ4v) is 2.80. The number of nitrogens with one attached hydrogen (secondary N) is 1. The van der Waals surface area contributed by atoms with Crippen LogP contribution < -0.4 is 5.32 Å². The molecule has 2 nitrogen and oxygen atoms in total. The average Bonchev–Trinajstić information content (AvgIpc) is 2.68. The molecule has 0 aliphatic rings. The lowest BCUT2D eigenvalue weighted by molar-refractivity contribution is 1.47. The second-order valence-electron chi connectivity index (χ2n) is 6.20. The number of hydrogen-bond acceptors (Lipinski definition) is 2. The standard InChI is InChI=1S/C24H20N2/c1-17(2)20-10-12-21(13-11-20)24-7-5-4-6-23(24)18(3)26-22-14-8-19(16-25)9-15-22/h4-15,26H,1,3H2,2H3. The fraction of sp³-hybridized carbons (Fsp3) is 0.0417. The summed E-state index contributed by atoms with van der Waals surface area (Å²) in [6.45, 7) is 10.2. The zero-order chi connectivity index (χ0) is 18.5. The number of benzene rings is 3. The van der Waals surface area contributed by atoms with Crippen LogP contribution in [-0.4, -0.2) is 0 Å². The van der Waals surface area contributed by atoms with Gasteiger partial charge in [-0.25, -0.2) is 0 Å². The van der Waals surface area contributed by atoms with Crippen LogP contribution in [0.3, 0.4) is 0 Å². The molecule has 0 heterocycles. The van der Waals surface area contributed by atoms with Crippen molar-refractivity contribution < 1.29 is 0 Å². The van der Waals surface area contributed by atoms with Crippen LogP contribution in [0.2, 0.25) is 0 Å². The smallest absolute Gasteiger partial charge is 0.0991 e. The predicted octanol–water partition coefficient (Wildman–Crippen LogP) is 6.34. The molecule has 0 amide bonds. The maximum Gasteiger partial charge on any atom is 0.0991 e. The van der Waals surface area contributed by atoms with Gasteiger partial charge in [0, 0.05) is 16.9 Å². The summed E-state index contributed by atoms with van der Waals surface area (Å²) in [5.74, 6) is 0. The van der Waals surface area contributed by atoms with Crippen LogP contribution in [0, 0.1) is 11.3 Å². The van der Waals surface area contributed by atoms with Gasteiger partial charge in [0.25, 0.3) is 0 Å². The number of nitriles is 1. The fourth-order valence-electron chi connectivity index (χ4n) is 2.80. The number of allylic oxidation sites excluding steroid dienone is 1. The molecule has 0 aromatic heterocycles. The Kier molecular flexibility index (Phi) is 5.01. The third-order valence-corrected chi connectivity index (χ3v) is 4.25. The Morgan fingerprint density at radius 2 is 1.54 bits per heavy atom. The molecule has 0 aliphatic carbocycles. The predicted molar refractivity (Wildman–Crippen MR) is 110 cm³/mol. The van der Waals surface area contributed by atoms with E-state index in [2.05, 4.69) is 60.9 Å². The third kappa shape index (κ3) is 3.74. The molecule has 0 atom stereocenters. The molecule has 3 rings (SSSR count). The van der Waals surface area contributed by atoms with Gasteiger partial charge in [0.15, 0.2) is 0 Å². The highest BCUT2D eigenvalue weighted by Gasteiger charge is 2.08. The number of hydrogen-bond donors (Lipinski definition) is 1. The highest BCUT2D eigenvalue weighted by Crippen LogP contribution is 2.30. The van der Waals surface area contributed by atoms with E-state index in [1.54, 1.807) is 12.1 Å². The first-order valence-electron chi connectivity index (χ1n) is 8.40. The van der Waals surface area contributed by atoms with Crippen LogP contribution >= 0.6 is 0 Å². The Morgan fingerprint density at radius 1 is 0.885 bits per heavy atom. The van der Waals surface area contributed by atoms with E-state index >= 15 is 0 Å². The summed E-state index contributed by atoms with van der Waals surface area (Å²) >= 11 is 0. The summed E-state index contributed by atoms with van der Waals surface area (Å²) in [6, 6.07) is 26.1. The molecule has 0 aliphatic heterocycles. The van der Waals surface area contributed by atoms with Gasteiger partial charge in [-0.05, 0) is 47.9 Å². The van der Waals surface area contributed by atoms with E-state index in [0.717, 1.165) is 39.2 Å². The van der Waals surface area contributed by atoms with Gasteiger partial charge in [-0.1, -0.05) is 67.3 Å². The van der Waals surface area contributed by atoms with Gasteiger partial charge in [-0.3, -0.25) is 0 Å². The van der Waals surface area contributed by atoms with Gasteiger partial charge < -0.3 is 5.32 Å². The Labute approximate surface area is 154 Å². The quantitative estimate of drug-likeness (QED) is 0.590. The SMILES string of the molecule is C=C(C)c1ccc(-c2ccccc2C(=C)Nc2ccc(C#N)cc2)cc1. The largest absolute Gasteiger partial charge is 0.356 e. The van der Waals surface area contributed by atoms with E-state index in [-0.39, 0.29) is 0 Å². The first kappa shape index (κ1) is 17.3. The van der Waals surface area contributed by atoms with Gasteiger partial charge in [-0.15, -0.1) is 0 Å². The van der Waals surface area contributed by atoms with Gasteiger partial charge in [0.2, 0.25) is 0 Å². The van der Waals surface area contributed by atoms with Crippen LogP contribution in [0.25, 0.3) is 22.4 Å². The average molecular weight is 336 g/mol. The molecule has 3 aromatic carbocycles. The van der Waals surface area contributed by atoms with Crippen LogP contribution in [0.15, 0.2) is 86.0 Å². The first-order valence-corrected chi connectivity index (χ1v) is 8.40. The lowest BCUT2D eigenvalue weighted by Crippen LogP contribution is -1.99. The topological polar surface area (TPSA) is 35.8 Å². The lowest BCUT2D eigenvalue weighted by Gasteiger charge is -2.15. The van der Waals surface area contributed by atoms with Crippen LogP contribution in [0.1, 0.15) is 23.6 Å². The molecular weight excluding hydrogens is 316 g/mol. The number of nitrogens with zero attached hydrogens (tertiary/aromatic N) is 1. The summed E-state index contributed by atoms with van der Waals surface area (Å²) in [5.41, 5.74) is 7.84. The van der Waals surface area contributed by atoms with Crippen molar-refractivity contribution in [2.45, 2.75) is 6.92 Å². The molecular formula is C24H20N2. The molecule has 0 unspecified atom stereocenters. The maximum atomic E-state index is 8.91. The zero-order valence-electron chi connectivity index (χ0n) is 14.8. The second-order valence-corrected chi connectivity index (χ2v) is 6.20. The van der Waals surface area contributed by atoms with E-state index in [1.807, 2.05) is 31.2 Å². The van der Waals surface area contributed by atoms with Crippen molar-refractivity contribution in [1.29, 1.82) is 5.26 Å². The summed E-state index contributed by atoms with van der Waals surface area (Å²) in [5, 5.41) is 12.2. The van der Waals surface area contributed by atoms with Gasteiger partial charge in [-0.2, -0.15) is 5.26 Å². The van der Waals surface area contributed by atoms with Crippen molar-refractivity contribution in [1.82, 2.24) is 0 Å². The Balaban J connectivity index is 1.89. The van der Waals surface area contributed by atoms with E-state index in [1.165, 1.54) is 0 Å².